The SMILES string of the molecule is C[C@H]1C[C@@H](C(=O)N(C)CC(c2cccs2)N2CCOCC2)CCN1.Cl. The summed E-state index contributed by atoms with van der Waals surface area (Å²) in [6.45, 7) is 7.32. The van der Waals surface area contributed by atoms with Gasteiger partial charge in [-0.1, -0.05) is 6.07 Å². The Labute approximate surface area is 161 Å². The molecule has 1 aromatic rings. The molecule has 0 saturated carbocycles. The number of nitrogens with one attached hydrogen (secondary N) is 1. The van der Waals surface area contributed by atoms with Crippen molar-refractivity contribution in [2.24, 2.45) is 5.92 Å². The molecule has 142 valence electrons. The fourth-order valence-electron chi connectivity index (χ4n) is 3.77. The summed E-state index contributed by atoms with van der Waals surface area (Å²) in [7, 11) is 1.97. The second-order valence-electron chi connectivity index (χ2n) is 6.97. The van der Waals surface area contributed by atoms with E-state index in [4.69, 9.17) is 4.74 Å². The zero-order chi connectivity index (χ0) is 16.9. The van der Waals surface area contributed by atoms with Gasteiger partial charge < -0.3 is 15.0 Å². The maximum Gasteiger partial charge on any atom is 0.225 e. The second kappa shape index (κ2) is 9.88. The Kier molecular flexibility index (Phi) is 8.16. The fraction of sp³-hybridized carbons (Fsp3) is 0.722. The van der Waals surface area contributed by atoms with Gasteiger partial charge >= 0.3 is 0 Å². The van der Waals surface area contributed by atoms with Crippen molar-refractivity contribution in [1.29, 1.82) is 0 Å². The number of morpholine rings is 1. The molecule has 3 rings (SSSR count). The van der Waals surface area contributed by atoms with Gasteiger partial charge in [0.2, 0.25) is 5.91 Å². The minimum absolute atomic E-state index is 0. The molecule has 1 unspecified atom stereocenters. The van der Waals surface area contributed by atoms with Gasteiger partial charge in [0.05, 0.1) is 19.3 Å². The standard InChI is InChI=1S/C18H29N3O2S.ClH/c1-14-12-15(5-6-19-14)18(22)20(2)13-16(17-4-3-11-24-17)21-7-9-23-10-8-21;/h3-4,11,14-16,19H,5-10,12-13H2,1-2H3;1H/t14-,15-,16?;/m0./s1. The number of piperidine rings is 1. The van der Waals surface area contributed by atoms with Gasteiger partial charge in [0.15, 0.2) is 0 Å². The molecule has 0 radical (unpaired) electrons. The predicted octanol–water partition coefficient (Wildman–Crippen LogP) is 2.39. The highest BCUT2D eigenvalue weighted by atomic mass is 35.5. The van der Waals surface area contributed by atoms with Crippen LogP contribution in [0.5, 0.6) is 0 Å². The molecule has 2 saturated heterocycles. The number of hydrogen-bond acceptors (Lipinski definition) is 5. The highest BCUT2D eigenvalue weighted by Crippen LogP contribution is 2.28. The maximum absolute atomic E-state index is 12.9. The monoisotopic (exact) mass is 387 g/mol. The third-order valence-electron chi connectivity index (χ3n) is 5.15. The van der Waals surface area contributed by atoms with Crippen LogP contribution in [0.15, 0.2) is 17.5 Å². The van der Waals surface area contributed by atoms with E-state index < -0.39 is 0 Å². The summed E-state index contributed by atoms with van der Waals surface area (Å²) in [6.07, 6.45) is 1.90. The molecular weight excluding hydrogens is 358 g/mol. The Bertz CT molecular complexity index is 522. The molecule has 0 aliphatic carbocycles. The summed E-state index contributed by atoms with van der Waals surface area (Å²) >= 11 is 1.78. The van der Waals surface area contributed by atoms with Crippen LogP contribution in [0.2, 0.25) is 0 Å². The number of likely N-dealkylation sites (N-methyl/N-ethyl adjacent to an activating group) is 1. The minimum Gasteiger partial charge on any atom is -0.379 e. The van der Waals surface area contributed by atoms with E-state index in [1.54, 1.807) is 11.3 Å². The number of rotatable bonds is 5. The second-order valence-corrected chi connectivity index (χ2v) is 7.95. The molecule has 3 atom stereocenters. The first-order valence-corrected chi connectivity index (χ1v) is 9.86. The van der Waals surface area contributed by atoms with Crippen LogP contribution < -0.4 is 5.32 Å². The number of carbonyl (C=O) groups is 1. The molecule has 7 heteroatoms. The molecule has 3 heterocycles. The van der Waals surface area contributed by atoms with Crippen molar-refractivity contribution in [3.63, 3.8) is 0 Å². The van der Waals surface area contributed by atoms with Crippen molar-refractivity contribution in [2.75, 3.05) is 46.4 Å². The first-order valence-electron chi connectivity index (χ1n) is 8.98. The Morgan fingerprint density at radius 3 is 2.88 bits per heavy atom. The summed E-state index contributed by atoms with van der Waals surface area (Å²) in [6, 6.07) is 5.01. The van der Waals surface area contributed by atoms with E-state index in [0.717, 1.165) is 52.2 Å². The molecule has 0 spiro atoms. The Morgan fingerprint density at radius 1 is 1.48 bits per heavy atom. The first kappa shape index (κ1) is 20.6. The zero-order valence-corrected chi connectivity index (χ0v) is 16.8. The smallest absolute Gasteiger partial charge is 0.225 e. The normalized spacial score (nSPS) is 25.8. The maximum atomic E-state index is 12.9. The zero-order valence-electron chi connectivity index (χ0n) is 15.1. The van der Waals surface area contributed by atoms with Crippen molar-refractivity contribution in [3.8, 4) is 0 Å². The summed E-state index contributed by atoms with van der Waals surface area (Å²) < 4.78 is 5.50. The van der Waals surface area contributed by atoms with E-state index in [9.17, 15) is 4.79 Å². The number of halogens is 1. The Balaban J connectivity index is 0.00000225. The van der Waals surface area contributed by atoms with Crippen LogP contribution in [-0.4, -0.2) is 68.2 Å². The van der Waals surface area contributed by atoms with Crippen LogP contribution in [-0.2, 0) is 9.53 Å². The Morgan fingerprint density at radius 2 is 2.24 bits per heavy atom. The number of amides is 1. The largest absolute Gasteiger partial charge is 0.379 e. The molecule has 1 aromatic heterocycles. The first-order chi connectivity index (χ1) is 11.6. The van der Waals surface area contributed by atoms with Crippen molar-refractivity contribution in [1.82, 2.24) is 15.1 Å². The van der Waals surface area contributed by atoms with Crippen LogP contribution in [0, 0.1) is 5.92 Å². The highest BCUT2D eigenvalue weighted by Gasteiger charge is 2.30. The highest BCUT2D eigenvalue weighted by molar-refractivity contribution is 7.10. The van der Waals surface area contributed by atoms with Crippen molar-refractivity contribution in [2.45, 2.75) is 31.8 Å². The van der Waals surface area contributed by atoms with E-state index in [2.05, 4.69) is 34.7 Å². The molecule has 25 heavy (non-hydrogen) atoms. The molecule has 0 bridgehead atoms. The van der Waals surface area contributed by atoms with Crippen molar-refractivity contribution >= 4 is 29.7 Å². The minimum atomic E-state index is 0. The van der Waals surface area contributed by atoms with Crippen LogP contribution in [0.25, 0.3) is 0 Å². The predicted molar refractivity (Wildman–Crippen MR) is 105 cm³/mol. The lowest BCUT2D eigenvalue weighted by Gasteiger charge is -2.37. The lowest BCUT2D eigenvalue weighted by molar-refractivity contribution is -0.136. The van der Waals surface area contributed by atoms with Gasteiger partial charge in [0, 0.05) is 43.5 Å². The van der Waals surface area contributed by atoms with E-state index in [1.807, 2.05) is 11.9 Å². The fourth-order valence-corrected chi connectivity index (χ4v) is 4.62. The van der Waals surface area contributed by atoms with Crippen LogP contribution in [0.1, 0.15) is 30.7 Å². The van der Waals surface area contributed by atoms with Crippen molar-refractivity contribution in [3.05, 3.63) is 22.4 Å². The molecule has 2 fully saturated rings. The summed E-state index contributed by atoms with van der Waals surface area (Å²) in [4.78, 5) is 18.7. The molecular formula is C18H30ClN3O2S. The van der Waals surface area contributed by atoms with Gasteiger partial charge in [0.25, 0.3) is 0 Å². The molecule has 1 amide bonds. The van der Waals surface area contributed by atoms with E-state index >= 15 is 0 Å². The third kappa shape index (κ3) is 5.41. The molecule has 1 N–H and O–H groups in total. The van der Waals surface area contributed by atoms with Gasteiger partial charge in [-0.05, 0) is 37.8 Å². The average molecular weight is 388 g/mol. The van der Waals surface area contributed by atoms with Crippen LogP contribution in [0.3, 0.4) is 0 Å². The van der Waals surface area contributed by atoms with Crippen LogP contribution in [0.4, 0.5) is 0 Å². The number of hydrogen-bond donors (Lipinski definition) is 1. The van der Waals surface area contributed by atoms with Gasteiger partial charge in [0.1, 0.15) is 0 Å². The van der Waals surface area contributed by atoms with Gasteiger partial charge in [-0.2, -0.15) is 0 Å². The van der Waals surface area contributed by atoms with E-state index in [1.165, 1.54) is 4.88 Å². The van der Waals surface area contributed by atoms with Crippen molar-refractivity contribution < 1.29 is 9.53 Å². The number of thiophene rings is 1. The van der Waals surface area contributed by atoms with Gasteiger partial charge in [-0.25, -0.2) is 0 Å². The van der Waals surface area contributed by atoms with E-state index in [-0.39, 0.29) is 24.4 Å². The van der Waals surface area contributed by atoms with Gasteiger partial charge in [-0.15, -0.1) is 23.7 Å². The number of ether oxygens (including phenoxy) is 1. The summed E-state index contributed by atoms with van der Waals surface area (Å²) in [5, 5.41) is 5.55. The molecule has 2 aliphatic heterocycles. The topological polar surface area (TPSA) is 44.8 Å². The molecule has 2 aliphatic rings. The lowest BCUT2D eigenvalue weighted by Crippen LogP contribution is -2.47. The number of carbonyl (C=O) groups excluding carboxylic acids is 1. The number of nitrogens with zero attached hydrogens (tertiary/aromatic N) is 2. The summed E-state index contributed by atoms with van der Waals surface area (Å²) in [5.41, 5.74) is 0. The average Bonchev–Trinajstić information content (AvgIpc) is 3.14. The summed E-state index contributed by atoms with van der Waals surface area (Å²) in [5.74, 6) is 0.470. The lowest BCUT2D eigenvalue weighted by atomic mass is 9.92. The molecule has 5 nitrogen and oxygen atoms in total. The quantitative estimate of drug-likeness (QED) is 0.842. The Hall–Kier alpha value is -0.660. The van der Waals surface area contributed by atoms with Crippen LogP contribution >= 0.6 is 23.7 Å². The van der Waals surface area contributed by atoms with E-state index in [0.29, 0.717) is 11.9 Å². The molecule has 0 aromatic carbocycles. The van der Waals surface area contributed by atoms with Gasteiger partial charge in [-0.3, -0.25) is 9.69 Å². The third-order valence-corrected chi connectivity index (χ3v) is 6.13.